The molecular formula is C14H21N3O3. The van der Waals surface area contributed by atoms with Crippen molar-refractivity contribution in [1.29, 1.82) is 0 Å². The summed E-state index contributed by atoms with van der Waals surface area (Å²) in [6.45, 7) is 7.13. The highest BCUT2D eigenvalue weighted by Crippen LogP contribution is 2.25. The van der Waals surface area contributed by atoms with Crippen LogP contribution in [0.3, 0.4) is 0 Å². The number of anilines is 1. The van der Waals surface area contributed by atoms with Gasteiger partial charge in [0.1, 0.15) is 12.0 Å². The molecule has 6 heteroatoms. The first-order valence-corrected chi connectivity index (χ1v) is 7.05. The average molecular weight is 279 g/mol. The zero-order valence-corrected chi connectivity index (χ0v) is 12.0. The van der Waals surface area contributed by atoms with E-state index in [1.165, 1.54) is 12.6 Å². The van der Waals surface area contributed by atoms with Gasteiger partial charge in [-0.3, -0.25) is 10.1 Å². The highest BCUT2D eigenvalue weighted by atomic mass is 16.6. The Hall–Kier alpha value is -1.69. The van der Waals surface area contributed by atoms with Crippen molar-refractivity contribution >= 4 is 11.5 Å². The molecule has 110 valence electrons. The van der Waals surface area contributed by atoms with Crippen LogP contribution in [0.1, 0.15) is 25.3 Å². The van der Waals surface area contributed by atoms with E-state index in [0.29, 0.717) is 11.5 Å². The van der Waals surface area contributed by atoms with E-state index in [1.807, 2.05) is 6.92 Å². The number of rotatable bonds is 5. The Balaban J connectivity index is 2.07. The molecule has 6 nitrogen and oxygen atoms in total. The van der Waals surface area contributed by atoms with Crippen LogP contribution in [0.25, 0.3) is 0 Å². The number of ether oxygens (including phenoxy) is 1. The second-order valence-electron chi connectivity index (χ2n) is 5.20. The van der Waals surface area contributed by atoms with Crippen LogP contribution in [0.15, 0.2) is 12.3 Å². The lowest BCUT2D eigenvalue weighted by molar-refractivity contribution is -0.385. The molecule has 1 aromatic rings. The Morgan fingerprint density at radius 3 is 3.05 bits per heavy atom. The Bertz CT molecular complexity index is 479. The molecule has 0 amide bonds. The third kappa shape index (κ3) is 3.45. The van der Waals surface area contributed by atoms with E-state index in [1.54, 1.807) is 13.0 Å². The smallest absolute Gasteiger partial charge is 0.290 e. The van der Waals surface area contributed by atoms with Crippen LogP contribution < -0.4 is 4.90 Å². The molecule has 0 N–H and O–H groups in total. The summed E-state index contributed by atoms with van der Waals surface area (Å²) in [5.74, 6) is 1.34. The van der Waals surface area contributed by atoms with Crippen molar-refractivity contribution in [3.8, 4) is 0 Å². The fraction of sp³-hybridized carbons (Fsp3) is 0.643. The summed E-state index contributed by atoms with van der Waals surface area (Å²) in [5, 5.41) is 10.8. The van der Waals surface area contributed by atoms with E-state index in [9.17, 15) is 10.1 Å². The zero-order chi connectivity index (χ0) is 14.5. The number of nitrogens with zero attached hydrogens (tertiary/aromatic N) is 3. The largest absolute Gasteiger partial charge is 0.381 e. The fourth-order valence-corrected chi connectivity index (χ4v) is 2.59. The van der Waals surface area contributed by atoms with Crippen molar-refractivity contribution in [2.75, 3.05) is 31.2 Å². The van der Waals surface area contributed by atoms with E-state index in [0.717, 1.165) is 38.5 Å². The number of hydrogen-bond acceptors (Lipinski definition) is 5. The summed E-state index contributed by atoms with van der Waals surface area (Å²) in [6.07, 6.45) is 3.63. The predicted octanol–water partition coefficient (Wildman–Crippen LogP) is 2.55. The van der Waals surface area contributed by atoms with Crippen molar-refractivity contribution in [3.63, 3.8) is 0 Å². The summed E-state index contributed by atoms with van der Waals surface area (Å²) in [5.41, 5.74) is 0.739. The highest BCUT2D eigenvalue weighted by Gasteiger charge is 2.22. The van der Waals surface area contributed by atoms with Crippen LogP contribution in [0.4, 0.5) is 11.5 Å². The van der Waals surface area contributed by atoms with Crippen molar-refractivity contribution in [2.24, 2.45) is 5.92 Å². The molecular weight excluding hydrogens is 258 g/mol. The first-order valence-electron chi connectivity index (χ1n) is 7.05. The number of hydrogen-bond donors (Lipinski definition) is 0. The van der Waals surface area contributed by atoms with Gasteiger partial charge in [-0.2, -0.15) is 0 Å². The lowest BCUT2D eigenvalue weighted by Gasteiger charge is -2.33. The summed E-state index contributed by atoms with van der Waals surface area (Å²) < 4.78 is 5.50. The predicted molar refractivity (Wildman–Crippen MR) is 77.1 cm³/mol. The molecule has 0 aliphatic carbocycles. The molecule has 1 aliphatic heterocycles. The van der Waals surface area contributed by atoms with Crippen molar-refractivity contribution in [3.05, 3.63) is 27.9 Å². The SMILES string of the molecule is CCOCC1CCCN(c2cc(C)c([N+](=O)[O-])cn2)C1. The van der Waals surface area contributed by atoms with Gasteiger partial charge in [-0.05, 0) is 38.7 Å². The minimum absolute atomic E-state index is 0.0802. The standard InChI is InChI=1S/C14H21N3O3/c1-3-20-10-12-5-4-6-16(9-12)14-7-11(2)13(8-15-14)17(18)19/h7-8,12H,3-6,9-10H2,1-2H3. The van der Waals surface area contributed by atoms with Gasteiger partial charge in [-0.15, -0.1) is 0 Å². The lowest BCUT2D eigenvalue weighted by Crippen LogP contribution is -2.37. The third-order valence-electron chi connectivity index (χ3n) is 3.67. The molecule has 0 saturated carbocycles. The molecule has 1 atom stereocenters. The quantitative estimate of drug-likeness (QED) is 0.612. The minimum atomic E-state index is -0.389. The lowest BCUT2D eigenvalue weighted by atomic mass is 9.99. The molecule has 0 radical (unpaired) electrons. The summed E-state index contributed by atoms with van der Waals surface area (Å²) in [6, 6.07) is 1.81. The summed E-state index contributed by atoms with van der Waals surface area (Å²) >= 11 is 0. The summed E-state index contributed by atoms with van der Waals surface area (Å²) in [7, 11) is 0. The molecule has 2 heterocycles. The van der Waals surface area contributed by atoms with Gasteiger partial charge in [0.2, 0.25) is 0 Å². The van der Waals surface area contributed by atoms with Gasteiger partial charge in [-0.25, -0.2) is 4.98 Å². The molecule has 2 rings (SSSR count). The molecule has 0 spiro atoms. The van der Waals surface area contributed by atoms with Crippen molar-refractivity contribution in [2.45, 2.75) is 26.7 Å². The Kier molecular flexibility index (Phi) is 4.89. The number of pyridine rings is 1. The monoisotopic (exact) mass is 279 g/mol. The number of nitro groups is 1. The maximum Gasteiger partial charge on any atom is 0.290 e. The normalized spacial score (nSPS) is 19.1. The van der Waals surface area contributed by atoms with Crippen molar-refractivity contribution in [1.82, 2.24) is 4.98 Å². The van der Waals surface area contributed by atoms with Crippen molar-refractivity contribution < 1.29 is 9.66 Å². The van der Waals surface area contributed by atoms with E-state index in [4.69, 9.17) is 4.74 Å². The zero-order valence-electron chi connectivity index (χ0n) is 12.0. The van der Waals surface area contributed by atoms with Gasteiger partial charge in [0, 0.05) is 25.3 Å². The number of aromatic nitrogens is 1. The summed E-state index contributed by atoms with van der Waals surface area (Å²) in [4.78, 5) is 16.9. The van der Waals surface area contributed by atoms with Crippen LogP contribution >= 0.6 is 0 Å². The van der Waals surface area contributed by atoms with E-state index < -0.39 is 0 Å². The number of aryl methyl sites for hydroxylation is 1. The molecule has 1 saturated heterocycles. The molecule has 1 aliphatic rings. The molecule has 1 aromatic heterocycles. The second-order valence-corrected chi connectivity index (χ2v) is 5.20. The topological polar surface area (TPSA) is 68.5 Å². The van der Waals surface area contributed by atoms with Gasteiger partial charge in [-0.1, -0.05) is 0 Å². The molecule has 1 fully saturated rings. The van der Waals surface area contributed by atoms with E-state index in [2.05, 4.69) is 9.88 Å². The Morgan fingerprint density at radius 2 is 2.40 bits per heavy atom. The van der Waals surface area contributed by atoms with Crippen LogP contribution in [0.5, 0.6) is 0 Å². The molecule has 0 aromatic carbocycles. The highest BCUT2D eigenvalue weighted by molar-refractivity contribution is 5.48. The first-order chi connectivity index (χ1) is 9.61. The third-order valence-corrected chi connectivity index (χ3v) is 3.67. The average Bonchev–Trinajstić information content (AvgIpc) is 2.45. The van der Waals surface area contributed by atoms with E-state index >= 15 is 0 Å². The van der Waals surface area contributed by atoms with Gasteiger partial charge < -0.3 is 9.64 Å². The van der Waals surface area contributed by atoms with Gasteiger partial charge >= 0.3 is 0 Å². The van der Waals surface area contributed by atoms with Gasteiger partial charge in [0.25, 0.3) is 5.69 Å². The second kappa shape index (κ2) is 6.65. The molecule has 20 heavy (non-hydrogen) atoms. The Morgan fingerprint density at radius 1 is 1.60 bits per heavy atom. The Labute approximate surface area is 118 Å². The molecule has 1 unspecified atom stereocenters. The van der Waals surface area contributed by atoms with Crippen LogP contribution in [0.2, 0.25) is 0 Å². The van der Waals surface area contributed by atoms with Gasteiger partial charge in [0.15, 0.2) is 0 Å². The number of piperidine rings is 1. The maximum absolute atomic E-state index is 10.8. The van der Waals surface area contributed by atoms with Crippen LogP contribution in [-0.2, 0) is 4.74 Å². The van der Waals surface area contributed by atoms with E-state index in [-0.39, 0.29) is 10.6 Å². The van der Waals surface area contributed by atoms with Crippen LogP contribution in [0, 0.1) is 23.0 Å². The minimum Gasteiger partial charge on any atom is -0.381 e. The maximum atomic E-state index is 10.8. The fourth-order valence-electron chi connectivity index (χ4n) is 2.59. The van der Waals surface area contributed by atoms with Crippen LogP contribution in [-0.4, -0.2) is 36.2 Å². The first kappa shape index (κ1) is 14.7. The molecule has 0 bridgehead atoms. The van der Waals surface area contributed by atoms with Gasteiger partial charge in [0.05, 0.1) is 11.5 Å².